The van der Waals surface area contributed by atoms with Crippen LogP contribution in [0.3, 0.4) is 0 Å². The first-order valence-electron chi connectivity index (χ1n) is 6.40. The van der Waals surface area contributed by atoms with E-state index >= 15 is 0 Å². The van der Waals surface area contributed by atoms with Gasteiger partial charge in [-0.3, -0.25) is 0 Å². The lowest BCUT2D eigenvalue weighted by molar-refractivity contribution is 0.247. The average molecular weight is 322 g/mol. The highest BCUT2D eigenvalue weighted by Gasteiger charge is 2.03. The van der Waals surface area contributed by atoms with Crippen molar-refractivity contribution in [3.8, 4) is 17.6 Å². The third-order valence-electron chi connectivity index (χ3n) is 2.71. The lowest BCUT2D eigenvalue weighted by Gasteiger charge is -2.10. The summed E-state index contributed by atoms with van der Waals surface area (Å²) in [6.07, 6.45) is 0.679. The first-order chi connectivity index (χ1) is 10.2. The Morgan fingerprint density at radius 1 is 0.952 bits per heavy atom. The first kappa shape index (κ1) is 15.5. The van der Waals surface area contributed by atoms with E-state index in [4.69, 9.17) is 37.9 Å². The van der Waals surface area contributed by atoms with E-state index in [0.29, 0.717) is 46.7 Å². The van der Waals surface area contributed by atoms with E-state index in [2.05, 4.69) is 6.07 Å². The molecule has 2 aromatic rings. The predicted octanol–water partition coefficient (Wildman–Crippen LogP) is 4.71. The van der Waals surface area contributed by atoms with E-state index in [1.807, 2.05) is 6.07 Å². The maximum absolute atomic E-state index is 8.94. The summed E-state index contributed by atoms with van der Waals surface area (Å²) < 4.78 is 11.1. The summed E-state index contributed by atoms with van der Waals surface area (Å²) in [7, 11) is 0. The van der Waals surface area contributed by atoms with E-state index in [1.54, 1.807) is 36.4 Å². The van der Waals surface area contributed by atoms with Gasteiger partial charge in [0.25, 0.3) is 0 Å². The van der Waals surface area contributed by atoms with Crippen LogP contribution in [0.1, 0.15) is 12.0 Å². The number of ether oxygens (including phenoxy) is 2. The molecule has 2 rings (SSSR count). The number of halogens is 2. The van der Waals surface area contributed by atoms with Gasteiger partial charge >= 0.3 is 0 Å². The Morgan fingerprint density at radius 2 is 1.67 bits per heavy atom. The number of para-hydroxylation sites is 1. The molecule has 0 saturated heterocycles. The van der Waals surface area contributed by atoms with Crippen LogP contribution in [0.2, 0.25) is 10.0 Å². The van der Waals surface area contributed by atoms with Gasteiger partial charge in [-0.1, -0.05) is 35.3 Å². The average Bonchev–Trinajstić information content (AvgIpc) is 2.49. The second kappa shape index (κ2) is 7.78. The van der Waals surface area contributed by atoms with Crippen molar-refractivity contribution in [3.05, 3.63) is 58.1 Å². The highest BCUT2D eigenvalue weighted by Crippen LogP contribution is 2.27. The first-order valence-corrected chi connectivity index (χ1v) is 7.16. The van der Waals surface area contributed by atoms with Gasteiger partial charge in [-0.15, -0.1) is 0 Å². The van der Waals surface area contributed by atoms with Crippen molar-refractivity contribution in [1.29, 1.82) is 5.26 Å². The molecule has 0 amide bonds. The fraction of sp³-hybridized carbons (Fsp3) is 0.188. The summed E-state index contributed by atoms with van der Waals surface area (Å²) in [6, 6.07) is 14.3. The Bertz CT molecular complexity index is 653. The van der Waals surface area contributed by atoms with Crippen molar-refractivity contribution < 1.29 is 9.47 Å². The summed E-state index contributed by atoms with van der Waals surface area (Å²) in [5.74, 6) is 1.18. The van der Waals surface area contributed by atoms with Crippen molar-refractivity contribution in [2.75, 3.05) is 13.2 Å². The number of nitriles is 1. The summed E-state index contributed by atoms with van der Waals surface area (Å²) in [6.45, 7) is 0.931. The topological polar surface area (TPSA) is 42.2 Å². The quantitative estimate of drug-likeness (QED) is 0.723. The van der Waals surface area contributed by atoms with Crippen molar-refractivity contribution in [3.63, 3.8) is 0 Å². The largest absolute Gasteiger partial charge is 0.492 e. The van der Waals surface area contributed by atoms with Crippen LogP contribution in [0.5, 0.6) is 11.5 Å². The van der Waals surface area contributed by atoms with Gasteiger partial charge < -0.3 is 9.47 Å². The molecular weight excluding hydrogens is 309 g/mol. The predicted molar refractivity (Wildman–Crippen MR) is 83.2 cm³/mol. The standard InChI is InChI=1S/C16H13Cl2NO2/c17-13-6-7-16(14(18)10-13)21-9-3-8-20-15-5-2-1-4-12(15)11-19/h1-2,4-7,10H,3,8-9H2. The second-order valence-corrected chi connectivity index (χ2v) is 5.08. The Hall–Kier alpha value is -1.89. The smallest absolute Gasteiger partial charge is 0.137 e. The molecule has 0 atom stereocenters. The molecule has 2 aromatic carbocycles. The van der Waals surface area contributed by atoms with Crippen LogP contribution in [0.15, 0.2) is 42.5 Å². The molecular formula is C16H13Cl2NO2. The molecule has 21 heavy (non-hydrogen) atoms. The van der Waals surface area contributed by atoms with Gasteiger partial charge in [0.05, 0.1) is 23.8 Å². The molecule has 0 heterocycles. The fourth-order valence-corrected chi connectivity index (χ4v) is 2.16. The normalized spacial score (nSPS) is 9.95. The molecule has 0 radical (unpaired) electrons. The van der Waals surface area contributed by atoms with Crippen LogP contribution in [-0.4, -0.2) is 13.2 Å². The summed E-state index contributed by atoms with van der Waals surface area (Å²) in [5, 5.41) is 10.0. The number of rotatable bonds is 6. The minimum atomic E-state index is 0.462. The summed E-state index contributed by atoms with van der Waals surface area (Å²) >= 11 is 11.8. The van der Waals surface area contributed by atoms with Crippen LogP contribution in [0.25, 0.3) is 0 Å². The zero-order valence-corrected chi connectivity index (χ0v) is 12.7. The third-order valence-corrected chi connectivity index (χ3v) is 3.24. The molecule has 0 fully saturated rings. The lowest BCUT2D eigenvalue weighted by Crippen LogP contribution is -2.05. The van der Waals surface area contributed by atoms with Crippen LogP contribution >= 0.6 is 23.2 Å². The maximum atomic E-state index is 8.94. The molecule has 0 aliphatic rings. The Labute approximate surface area is 133 Å². The van der Waals surface area contributed by atoms with Gasteiger partial charge in [0.2, 0.25) is 0 Å². The monoisotopic (exact) mass is 321 g/mol. The van der Waals surface area contributed by atoms with E-state index in [-0.39, 0.29) is 0 Å². The van der Waals surface area contributed by atoms with Gasteiger partial charge in [0, 0.05) is 11.4 Å². The SMILES string of the molecule is N#Cc1ccccc1OCCCOc1ccc(Cl)cc1Cl. The van der Waals surface area contributed by atoms with Crippen LogP contribution < -0.4 is 9.47 Å². The van der Waals surface area contributed by atoms with Gasteiger partial charge in [0.15, 0.2) is 0 Å². The highest BCUT2D eigenvalue weighted by molar-refractivity contribution is 6.35. The number of hydrogen-bond donors (Lipinski definition) is 0. The Morgan fingerprint density at radius 3 is 2.38 bits per heavy atom. The third kappa shape index (κ3) is 4.56. The molecule has 5 heteroatoms. The molecule has 0 spiro atoms. The van der Waals surface area contributed by atoms with Crippen molar-refractivity contribution >= 4 is 23.2 Å². The van der Waals surface area contributed by atoms with E-state index in [1.165, 1.54) is 0 Å². The molecule has 0 unspecified atom stereocenters. The van der Waals surface area contributed by atoms with Crippen LogP contribution in [-0.2, 0) is 0 Å². The molecule has 0 aromatic heterocycles. The summed E-state index contributed by atoms with van der Waals surface area (Å²) in [4.78, 5) is 0. The van der Waals surface area contributed by atoms with Crippen LogP contribution in [0.4, 0.5) is 0 Å². The molecule has 108 valence electrons. The number of hydrogen-bond acceptors (Lipinski definition) is 3. The minimum Gasteiger partial charge on any atom is -0.492 e. The molecule has 3 nitrogen and oxygen atoms in total. The van der Waals surface area contributed by atoms with Crippen molar-refractivity contribution in [2.24, 2.45) is 0 Å². The molecule has 0 aliphatic carbocycles. The zero-order valence-electron chi connectivity index (χ0n) is 11.2. The number of nitrogens with zero attached hydrogens (tertiary/aromatic N) is 1. The van der Waals surface area contributed by atoms with Crippen LogP contribution in [0, 0.1) is 11.3 Å². The van der Waals surface area contributed by atoms with E-state index < -0.39 is 0 Å². The van der Waals surface area contributed by atoms with Gasteiger partial charge in [-0.25, -0.2) is 0 Å². The van der Waals surface area contributed by atoms with Gasteiger partial charge in [0.1, 0.15) is 17.6 Å². The molecule has 0 bridgehead atoms. The van der Waals surface area contributed by atoms with Crippen molar-refractivity contribution in [2.45, 2.75) is 6.42 Å². The van der Waals surface area contributed by atoms with E-state index in [9.17, 15) is 0 Å². The summed E-state index contributed by atoms with van der Waals surface area (Å²) in [5.41, 5.74) is 0.527. The molecule has 0 N–H and O–H groups in total. The highest BCUT2D eigenvalue weighted by atomic mass is 35.5. The lowest BCUT2D eigenvalue weighted by atomic mass is 10.2. The second-order valence-electron chi connectivity index (χ2n) is 4.23. The Kier molecular flexibility index (Phi) is 5.74. The van der Waals surface area contributed by atoms with E-state index in [0.717, 1.165) is 0 Å². The maximum Gasteiger partial charge on any atom is 0.137 e. The number of benzene rings is 2. The van der Waals surface area contributed by atoms with Gasteiger partial charge in [-0.05, 0) is 30.3 Å². The van der Waals surface area contributed by atoms with Crippen molar-refractivity contribution in [1.82, 2.24) is 0 Å². The molecule has 0 saturated carbocycles. The fourth-order valence-electron chi connectivity index (χ4n) is 1.70. The minimum absolute atomic E-state index is 0.462. The zero-order chi connectivity index (χ0) is 15.1. The Balaban J connectivity index is 1.76. The van der Waals surface area contributed by atoms with Gasteiger partial charge in [-0.2, -0.15) is 5.26 Å². The molecule has 0 aliphatic heterocycles.